The van der Waals surface area contributed by atoms with Crippen molar-refractivity contribution in [3.63, 3.8) is 0 Å². The van der Waals surface area contributed by atoms with Gasteiger partial charge in [0.15, 0.2) is 0 Å². The van der Waals surface area contributed by atoms with Crippen molar-refractivity contribution in [2.45, 2.75) is 39.2 Å². The van der Waals surface area contributed by atoms with Gasteiger partial charge in [-0.25, -0.2) is 14.8 Å². The average Bonchev–Trinajstić information content (AvgIpc) is 2.93. The molecule has 3 N–H and O–H groups in total. The van der Waals surface area contributed by atoms with E-state index in [4.69, 9.17) is 19.2 Å². The van der Waals surface area contributed by atoms with Crippen LogP contribution in [0.15, 0.2) is 66.9 Å². The number of fused-ring (bicyclic) bond motifs is 1. The van der Waals surface area contributed by atoms with Crippen LogP contribution in [-0.2, 0) is 0 Å². The smallest absolute Gasteiger partial charge is 0.320 e. The Morgan fingerprint density at radius 3 is 2.30 bits per heavy atom. The molecule has 4 aromatic rings. The Hall–Kier alpha value is -4.53. The number of pyridine rings is 2. The van der Waals surface area contributed by atoms with E-state index in [-0.39, 0.29) is 6.03 Å². The predicted octanol–water partition coefficient (Wildman–Crippen LogP) is 6.51. The van der Waals surface area contributed by atoms with E-state index >= 15 is 0 Å². The number of para-hydroxylation sites is 1. The van der Waals surface area contributed by atoms with Crippen LogP contribution in [-0.4, -0.2) is 48.9 Å². The highest BCUT2D eigenvalue weighted by molar-refractivity contribution is 5.97. The van der Waals surface area contributed by atoms with Crippen molar-refractivity contribution in [2.24, 2.45) is 0 Å². The Bertz CT molecular complexity index is 1420. The molecule has 40 heavy (non-hydrogen) atoms. The molecule has 4 rings (SSSR count). The SMILES string of the molecule is COc1cc(OC)cc(-c2cc3cnc(NCCCCOc4ccccc4)cc3nc2NC(=O)NC(C)(C)C)c1. The van der Waals surface area contributed by atoms with Gasteiger partial charge in [-0.2, -0.15) is 0 Å². The highest BCUT2D eigenvalue weighted by atomic mass is 16.5. The van der Waals surface area contributed by atoms with Crippen LogP contribution in [0.3, 0.4) is 0 Å². The number of carbonyl (C=O) groups is 1. The van der Waals surface area contributed by atoms with E-state index in [0.29, 0.717) is 35.3 Å². The van der Waals surface area contributed by atoms with Gasteiger partial charge in [0, 0.05) is 41.4 Å². The first-order valence-corrected chi connectivity index (χ1v) is 13.3. The molecule has 2 aromatic carbocycles. The Kier molecular flexibility index (Phi) is 9.27. The molecule has 0 aliphatic rings. The van der Waals surface area contributed by atoms with Gasteiger partial charge in [0.1, 0.15) is 28.9 Å². The molecule has 9 nitrogen and oxygen atoms in total. The average molecular weight is 544 g/mol. The third kappa shape index (κ3) is 7.99. The molecule has 9 heteroatoms. The van der Waals surface area contributed by atoms with Gasteiger partial charge in [0.25, 0.3) is 0 Å². The van der Waals surface area contributed by atoms with Gasteiger partial charge < -0.3 is 24.8 Å². The number of methoxy groups -OCH3 is 2. The van der Waals surface area contributed by atoms with Crippen molar-refractivity contribution >= 4 is 28.6 Å². The molecule has 0 bridgehead atoms. The first-order valence-electron chi connectivity index (χ1n) is 13.3. The predicted molar refractivity (Wildman–Crippen MR) is 160 cm³/mol. The number of carbonyl (C=O) groups excluding carboxylic acids is 1. The molecule has 2 heterocycles. The number of nitrogens with one attached hydrogen (secondary N) is 3. The highest BCUT2D eigenvalue weighted by Gasteiger charge is 2.18. The van der Waals surface area contributed by atoms with Gasteiger partial charge in [-0.1, -0.05) is 18.2 Å². The monoisotopic (exact) mass is 543 g/mol. The zero-order valence-corrected chi connectivity index (χ0v) is 23.7. The maximum absolute atomic E-state index is 12.8. The van der Waals surface area contributed by atoms with Crippen LogP contribution in [0.2, 0.25) is 0 Å². The third-order valence-electron chi connectivity index (χ3n) is 5.97. The first-order chi connectivity index (χ1) is 19.2. The molecule has 0 saturated carbocycles. The maximum Gasteiger partial charge on any atom is 0.320 e. The molecule has 0 spiro atoms. The van der Waals surface area contributed by atoms with Gasteiger partial charge in [0.05, 0.1) is 26.3 Å². The number of hydrogen-bond acceptors (Lipinski definition) is 7. The Morgan fingerprint density at radius 1 is 0.900 bits per heavy atom. The largest absolute Gasteiger partial charge is 0.497 e. The summed E-state index contributed by atoms with van der Waals surface area (Å²) in [6.07, 6.45) is 3.62. The Labute approximate surface area is 235 Å². The summed E-state index contributed by atoms with van der Waals surface area (Å²) in [5, 5.41) is 10.1. The second-order valence-electron chi connectivity index (χ2n) is 10.4. The van der Waals surface area contributed by atoms with Crippen LogP contribution in [0.5, 0.6) is 17.2 Å². The molecule has 2 aromatic heterocycles. The fourth-order valence-electron chi connectivity index (χ4n) is 4.07. The van der Waals surface area contributed by atoms with E-state index in [0.717, 1.165) is 41.6 Å². The highest BCUT2D eigenvalue weighted by Crippen LogP contribution is 2.35. The fourth-order valence-corrected chi connectivity index (χ4v) is 4.07. The van der Waals surface area contributed by atoms with Crippen molar-refractivity contribution in [2.75, 3.05) is 38.0 Å². The van der Waals surface area contributed by atoms with E-state index < -0.39 is 5.54 Å². The quantitative estimate of drug-likeness (QED) is 0.185. The number of rotatable bonds is 11. The van der Waals surface area contributed by atoms with Gasteiger partial charge in [-0.15, -0.1) is 0 Å². The number of aromatic nitrogens is 2. The van der Waals surface area contributed by atoms with Crippen LogP contribution in [0.4, 0.5) is 16.4 Å². The molecular weight excluding hydrogens is 506 g/mol. The van der Waals surface area contributed by atoms with Crippen molar-refractivity contribution in [3.8, 4) is 28.4 Å². The minimum absolute atomic E-state index is 0.347. The summed E-state index contributed by atoms with van der Waals surface area (Å²) in [6, 6.07) is 18.9. The third-order valence-corrected chi connectivity index (χ3v) is 5.97. The van der Waals surface area contributed by atoms with E-state index in [1.165, 1.54) is 0 Å². The van der Waals surface area contributed by atoms with E-state index in [2.05, 4.69) is 20.9 Å². The Balaban J connectivity index is 1.53. The van der Waals surface area contributed by atoms with Crippen molar-refractivity contribution in [1.82, 2.24) is 15.3 Å². The number of unbranched alkanes of at least 4 members (excludes halogenated alkanes) is 1. The first kappa shape index (κ1) is 28.5. The van der Waals surface area contributed by atoms with E-state index in [1.54, 1.807) is 26.5 Å². The van der Waals surface area contributed by atoms with Crippen LogP contribution in [0.1, 0.15) is 33.6 Å². The van der Waals surface area contributed by atoms with Gasteiger partial charge in [-0.05, 0) is 69.5 Å². The summed E-state index contributed by atoms with van der Waals surface area (Å²) in [5.41, 5.74) is 1.80. The number of nitrogens with zero attached hydrogens (tertiary/aromatic N) is 2. The number of ether oxygens (including phenoxy) is 3. The fraction of sp³-hybridized carbons (Fsp3) is 0.323. The molecule has 0 saturated heterocycles. The molecule has 2 amide bonds. The summed E-state index contributed by atoms with van der Waals surface area (Å²) in [7, 11) is 3.20. The molecule has 210 valence electrons. The lowest BCUT2D eigenvalue weighted by atomic mass is 10.0. The van der Waals surface area contributed by atoms with Crippen LogP contribution >= 0.6 is 0 Å². The second-order valence-corrected chi connectivity index (χ2v) is 10.4. The minimum atomic E-state index is -0.409. The molecule has 0 unspecified atom stereocenters. The topological polar surface area (TPSA) is 107 Å². The van der Waals surface area contributed by atoms with Gasteiger partial charge in [0.2, 0.25) is 0 Å². The van der Waals surface area contributed by atoms with Gasteiger partial charge >= 0.3 is 6.03 Å². The van der Waals surface area contributed by atoms with E-state index in [1.807, 2.05) is 75.4 Å². The number of urea groups is 1. The summed E-state index contributed by atoms with van der Waals surface area (Å²) in [4.78, 5) is 22.2. The molecule has 0 atom stereocenters. The van der Waals surface area contributed by atoms with Crippen LogP contribution in [0.25, 0.3) is 22.0 Å². The molecule has 0 aliphatic heterocycles. The van der Waals surface area contributed by atoms with Gasteiger partial charge in [-0.3, -0.25) is 5.32 Å². The summed E-state index contributed by atoms with van der Waals surface area (Å²) < 4.78 is 16.7. The lowest BCUT2D eigenvalue weighted by Gasteiger charge is -2.21. The lowest BCUT2D eigenvalue weighted by Crippen LogP contribution is -2.43. The minimum Gasteiger partial charge on any atom is -0.497 e. The number of benzene rings is 2. The zero-order chi connectivity index (χ0) is 28.5. The summed E-state index contributed by atoms with van der Waals surface area (Å²) in [5.74, 6) is 3.27. The van der Waals surface area contributed by atoms with Crippen molar-refractivity contribution in [3.05, 3.63) is 66.9 Å². The molecule has 0 aliphatic carbocycles. The summed E-state index contributed by atoms with van der Waals surface area (Å²) >= 11 is 0. The Morgan fingerprint density at radius 2 is 1.62 bits per heavy atom. The van der Waals surface area contributed by atoms with Crippen LogP contribution in [0, 0.1) is 0 Å². The van der Waals surface area contributed by atoms with Crippen molar-refractivity contribution in [1.29, 1.82) is 0 Å². The lowest BCUT2D eigenvalue weighted by molar-refractivity contribution is 0.243. The second kappa shape index (κ2) is 13.0. The normalized spacial score (nSPS) is 11.1. The molecule has 0 fully saturated rings. The molecule has 0 radical (unpaired) electrons. The molecular formula is C31H37N5O4. The van der Waals surface area contributed by atoms with Crippen LogP contribution < -0.4 is 30.2 Å². The zero-order valence-electron chi connectivity index (χ0n) is 23.7. The number of amides is 2. The number of hydrogen-bond donors (Lipinski definition) is 3. The van der Waals surface area contributed by atoms with E-state index in [9.17, 15) is 4.79 Å². The standard InChI is InChI=1S/C31H37N5O4/c1-31(2,3)36-30(37)35-29-26(21-15-24(38-4)18-25(16-21)39-5)17-22-20-33-28(19-27(22)34-29)32-13-9-10-14-40-23-11-7-6-8-12-23/h6-8,11-12,15-20H,9-10,13-14H2,1-5H3,(H,32,33)(H2,34,35,36,37). The van der Waals surface area contributed by atoms with Crippen molar-refractivity contribution < 1.29 is 19.0 Å². The number of anilines is 2. The summed E-state index contributed by atoms with van der Waals surface area (Å²) in [6.45, 7) is 7.17. The maximum atomic E-state index is 12.8.